The van der Waals surface area contributed by atoms with Crippen LogP contribution in [0.4, 0.5) is 0 Å². The minimum atomic E-state index is -0.926. The van der Waals surface area contributed by atoms with E-state index in [2.05, 4.69) is 0 Å². The third-order valence-corrected chi connectivity index (χ3v) is 1.56. The summed E-state index contributed by atoms with van der Waals surface area (Å²) in [6.45, 7) is 3.37. The van der Waals surface area contributed by atoms with E-state index in [1.54, 1.807) is 0 Å². The van der Waals surface area contributed by atoms with Crippen LogP contribution in [0.1, 0.15) is 13.3 Å². The summed E-state index contributed by atoms with van der Waals surface area (Å²) < 4.78 is 5.06. The van der Waals surface area contributed by atoms with E-state index in [0.29, 0.717) is 19.6 Å². The highest BCUT2D eigenvalue weighted by molar-refractivity contribution is 4.79. The van der Waals surface area contributed by atoms with Gasteiger partial charge in [-0.1, -0.05) is 0 Å². The molecule has 4 heteroatoms. The molecule has 0 bridgehead atoms. The molecule has 0 aromatic rings. The van der Waals surface area contributed by atoms with Crippen LogP contribution in [0.5, 0.6) is 0 Å². The Morgan fingerprint density at radius 2 is 2.09 bits per heavy atom. The molecule has 0 amide bonds. The number of nitrogens with two attached hydrogens (primary N) is 2. The summed E-state index contributed by atoms with van der Waals surface area (Å²) in [6, 6.07) is 0. The summed E-state index contributed by atoms with van der Waals surface area (Å²) in [4.78, 5) is 0. The second-order valence-electron chi connectivity index (χ2n) is 2.60. The number of aliphatic hydroxyl groups is 1. The molecule has 4 nitrogen and oxygen atoms in total. The minimum Gasteiger partial charge on any atom is -0.386 e. The van der Waals surface area contributed by atoms with E-state index in [9.17, 15) is 5.11 Å². The Hall–Kier alpha value is -0.160. The SMILES string of the molecule is CCOCC(O)(CN)CCN. The predicted molar refractivity (Wildman–Crippen MR) is 44.2 cm³/mol. The van der Waals surface area contributed by atoms with Gasteiger partial charge in [-0.25, -0.2) is 0 Å². The van der Waals surface area contributed by atoms with Crippen molar-refractivity contribution in [2.45, 2.75) is 18.9 Å². The van der Waals surface area contributed by atoms with Crippen molar-refractivity contribution in [3.63, 3.8) is 0 Å². The van der Waals surface area contributed by atoms with Gasteiger partial charge in [-0.15, -0.1) is 0 Å². The lowest BCUT2D eigenvalue weighted by molar-refractivity contribution is -0.0405. The van der Waals surface area contributed by atoms with Crippen LogP contribution in [0.15, 0.2) is 0 Å². The summed E-state index contributed by atoms with van der Waals surface area (Å²) in [5, 5.41) is 9.62. The second-order valence-corrected chi connectivity index (χ2v) is 2.60. The van der Waals surface area contributed by atoms with Gasteiger partial charge >= 0.3 is 0 Å². The molecule has 68 valence electrons. The summed E-state index contributed by atoms with van der Waals surface area (Å²) in [6.07, 6.45) is 0.490. The minimum absolute atomic E-state index is 0.199. The van der Waals surface area contributed by atoms with E-state index in [4.69, 9.17) is 16.2 Å². The Morgan fingerprint density at radius 1 is 1.45 bits per heavy atom. The first-order valence-electron chi connectivity index (χ1n) is 3.89. The number of hydrogen-bond donors (Lipinski definition) is 3. The molecule has 0 aliphatic heterocycles. The molecule has 0 aliphatic rings. The van der Waals surface area contributed by atoms with Gasteiger partial charge in [0.05, 0.1) is 6.61 Å². The second kappa shape index (κ2) is 5.49. The van der Waals surface area contributed by atoms with E-state index in [0.717, 1.165) is 0 Å². The molecular formula is C7H18N2O2. The molecule has 0 saturated carbocycles. The Morgan fingerprint density at radius 3 is 2.45 bits per heavy atom. The number of ether oxygens (including phenoxy) is 1. The zero-order valence-corrected chi connectivity index (χ0v) is 7.05. The molecule has 1 atom stereocenters. The smallest absolute Gasteiger partial charge is 0.101 e. The van der Waals surface area contributed by atoms with Gasteiger partial charge in [0, 0.05) is 13.2 Å². The van der Waals surface area contributed by atoms with Crippen molar-refractivity contribution >= 4 is 0 Å². The summed E-state index contributed by atoms with van der Waals surface area (Å²) >= 11 is 0. The summed E-state index contributed by atoms with van der Waals surface area (Å²) in [5.41, 5.74) is 9.71. The van der Waals surface area contributed by atoms with Crippen molar-refractivity contribution in [2.75, 3.05) is 26.3 Å². The molecule has 0 aromatic heterocycles. The molecule has 0 saturated heterocycles. The highest BCUT2D eigenvalue weighted by Gasteiger charge is 2.23. The van der Waals surface area contributed by atoms with E-state index < -0.39 is 5.60 Å². The standard InChI is InChI=1S/C7H18N2O2/c1-2-11-6-7(10,5-9)3-4-8/h10H,2-6,8-9H2,1H3. The lowest BCUT2D eigenvalue weighted by atomic mass is 10.0. The molecule has 0 fully saturated rings. The van der Waals surface area contributed by atoms with Crippen molar-refractivity contribution in [2.24, 2.45) is 11.5 Å². The zero-order chi connectivity index (χ0) is 8.74. The molecule has 0 radical (unpaired) electrons. The van der Waals surface area contributed by atoms with E-state index in [1.807, 2.05) is 6.92 Å². The molecule has 1 unspecified atom stereocenters. The van der Waals surface area contributed by atoms with Crippen LogP contribution < -0.4 is 11.5 Å². The van der Waals surface area contributed by atoms with Crippen molar-refractivity contribution in [3.8, 4) is 0 Å². The Labute approximate surface area is 67.5 Å². The largest absolute Gasteiger partial charge is 0.386 e. The van der Waals surface area contributed by atoms with Gasteiger partial charge < -0.3 is 21.3 Å². The van der Waals surface area contributed by atoms with Crippen molar-refractivity contribution in [1.82, 2.24) is 0 Å². The maximum Gasteiger partial charge on any atom is 0.101 e. The molecule has 5 N–H and O–H groups in total. The third kappa shape index (κ3) is 4.31. The highest BCUT2D eigenvalue weighted by atomic mass is 16.5. The number of hydrogen-bond acceptors (Lipinski definition) is 4. The van der Waals surface area contributed by atoms with Gasteiger partial charge in [0.25, 0.3) is 0 Å². The fourth-order valence-electron chi connectivity index (χ4n) is 0.794. The van der Waals surface area contributed by atoms with Crippen molar-refractivity contribution in [3.05, 3.63) is 0 Å². The molecule has 0 rings (SSSR count). The van der Waals surface area contributed by atoms with Crippen LogP contribution in [-0.4, -0.2) is 37.0 Å². The van der Waals surface area contributed by atoms with Gasteiger partial charge in [-0.2, -0.15) is 0 Å². The predicted octanol–water partition coefficient (Wildman–Crippen LogP) is -0.938. The first-order valence-corrected chi connectivity index (χ1v) is 3.89. The number of rotatable bonds is 6. The Bertz CT molecular complexity index is 100. The zero-order valence-electron chi connectivity index (χ0n) is 7.05. The average molecular weight is 162 g/mol. The quantitative estimate of drug-likeness (QED) is 0.471. The molecule has 0 aromatic carbocycles. The first kappa shape index (κ1) is 10.8. The van der Waals surface area contributed by atoms with E-state index >= 15 is 0 Å². The van der Waals surface area contributed by atoms with Gasteiger partial charge in [0.1, 0.15) is 5.60 Å². The van der Waals surface area contributed by atoms with Crippen molar-refractivity contribution < 1.29 is 9.84 Å². The van der Waals surface area contributed by atoms with Crippen LogP contribution in [0.25, 0.3) is 0 Å². The topological polar surface area (TPSA) is 81.5 Å². The monoisotopic (exact) mass is 162 g/mol. The third-order valence-electron chi connectivity index (χ3n) is 1.56. The van der Waals surface area contributed by atoms with Gasteiger partial charge in [-0.3, -0.25) is 0 Å². The highest BCUT2D eigenvalue weighted by Crippen LogP contribution is 2.07. The van der Waals surface area contributed by atoms with Crippen LogP contribution in [0.3, 0.4) is 0 Å². The van der Waals surface area contributed by atoms with E-state index in [-0.39, 0.29) is 13.2 Å². The van der Waals surface area contributed by atoms with Crippen LogP contribution in [0.2, 0.25) is 0 Å². The van der Waals surface area contributed by atoms with Gasteiger partial charge in [-0.05, 0) is 19.9 Å². The average Bonchev–Trinajstić information content (AvgIpc) is 2.02. The lowest BCUT2D eigenvalue weighted by Gasteiger charge is -2.25. The Kier molecular flexibility index (Phi) is 5.41. The molecule has 0 spiro atoms. The molecule has 0 aliphatic carbocycles. The normalized spacial score (nSPS) is 16.4. The first-order chi connectivity index (χ1) is 5.18. The van der Waals surface area contributed by atoms with Crippen LogP contribution in [-0.2, 0) is 4.74 Å². The van der Waals surface area contributed by atoms with Crippen LogP contribution >= 0.6 is 0 Å². The lowest BCUT2D eigenvalue weighted by Crippen LogP contribution is -2.44. The maximum absolute atomic E-state index is 9.62. The maximum atomic E-state index is 9.62. The molecule has 0 heterocycles. The fourth-order valence-corrected chi connectivity index (χ4v) is 0.794. The molecular weight excluding hydrogens is 144 g/mol. The summed E-state index contributed by atoms with van der Waals surface area (Å²) in [5.74, 6) is 0. The Balaban J connectivity index is 3.68. The van der Waals surface area contributed by atoms with Gasteiger partial charge in [0.2, 0.25) is 0 Å². The van der Waals surface area contributed by atoms with E-state index in [1.165, 1.54) is 0 Å². The summed E-state index contributed by atoms with van der Waals surface area (Å²) in [7, 11) is 0. The van der Waals surface area contributed by atoms with Crippen molar-refractivity contribution in [1.29, 1.82) is 0 Å². The van der Waals surface area contributed by atoms with Crippen LogP contribution in [0, 0.1) is 0 Å². The van der Waals surface area contributed by atoms with Gasteiger partial charge in [0.15, 0.2) is 0 Å². The fraction of sp³-hybridized carbons (Fsp3) is 1.00. The molecule has 11 heavy (non-hydrogen) atoms.